The average molecular weight is 194 g/mol. The molecule has 1 saturated heterocycles. The molecular formula is C11H18N2O. The number of hydrogen-bond donors (Lipinski definition) is 2. The van der Waals surface area contributed by atoms with Crippen molar-refractivity contribution in [3.8, 4) is 0 Å². The van der Waals surface area contributed by atoms with Gasteiger partial charge in [0.1, 0.15) is 0 Å². The van der Waals surface area contributed by atoms with Crippen LogP contribution in [0.1, 0.15) is 29.8 Å². The lowest BCUT2D eigenvalue weighted by molar-refractivity contribution is -0.0220. The van der Waals surface area contributed by atoms with Gasteiger partial charge in [-0.3, -0.25) is 4.90 Å². The Morgan fingerprint density at radius 2 is 2.14 bits per heavy atom. The maximum atomic E-state index is 9.24. The van der Waals surface area contributed by atoms with Crippen LogP contribution in [-0.2, 0) is 0 Å². The van der Waals surface area contributed by atoms with Crippen molar-refractivity contribution in [2.24, 2.45) is 0 Å². The van der Waals surface area contributed by atoms with E-state index in [1.54, 1.807) is 0 Å². The summed E-state index contributed by atoms with van der Waals surface area (Å²) in [6, 6.07) is 0.395. The monoisotopic (exact) mass is 194 g/mol. The smallest absolute Gasteiger partial charge is 0.0794 e. The van der Waals surface area contributed by atoms with Crippen molar-refractivity contribution in [3.05, 3.63) is 23.0 Å². The summed E-state index contributed by atoms with van der Waals surface area (Å²) in [6.45, 7) is 8.06. The lowest BCUT2D eigenvalue weighted by atomic mass is 10.0. The summed E-state index contributed by atoms with van der Waals surface area (Å²) in [7, 11) is 0. The summed E-state index contributed by atoms with van der Waals surface area (Å²) in [6.07, 6.45) is 1.94. The summed E-state index contributed by atoms with van der Waals surface area (Å²) in [4.78, 5) is 5.59. The molecule has 78 valence electrons. The van der Waals surface area contributed by atoms with E-state index >= 15 is 0 Å². The quantitative estimate of drug-likeness (QED) is 0.746. The molecule has 0 bridgehead atoms. The van der Waals surface area contributed by atoms with E-state index in [4.69, 9.17) is 0 Å². The van der Waals surface area contributed by atoms with E-state index in [0.29, 0.717) is 6.04 Å². The predicted molar refractivity (Wildman–Crippen MR) is 56.3 cm³/mol. The van der Waals surface area contributed by atoms with Crippen LogP contribution < -0.4 is 0 Å². The lowest BCUT2D eigenvalue weighted by Gasteiger charge is -2.40. The number of hydrogen-bond acceptors (Lipinski definition) is 2. The van der Waals surface area contributed by atoms with E-state index in [-0.39, 0.29) is 6.10 Å². The van der Waals surface area contributed by atoms with E-state index in [9.17, 15) is 5.11 Å². The summed E-state index contributed by atoms with van der Waals surface area (Å²) in [5.41, 5.74) is 3.95. The average Bonchev–Trinajstić information content (AvgIpc) is 2.42. The van der Waals surface area contributed by atoms with Gasteiger partial charge in [-0.15, -0.1) is 0 Å². The lowest BCUT2D eigenvalue weighted by Crippen LogP contribution is -2.51. The van der Waals surface area contributed by atoms with Crippen molar-refractivity contribution in [3.63, 3.8) is 0 Å². The minimum Gasteiger partial charge on any atom is -0.390 e. The van der Waals surface area contributed by atoms with Crippen molar-refractivity contribution in [1.29, 1.82) is 0 Å². The first-order valence-electron chi connectivity index (χ1n) is 5.16. The van der Waals surface area contributed by atoms with E-state index in [1.165, 1.54) is 16.8 Å². The highest BCUT2D eigenvalue weighted by molar-refractivity contribution is 5.30. The fourth-order valence-corrected chi connectivity index (χ4v) is 2.04. The number of nitrogens with zero attached hydrogens (tertiary/aromatic N) is 1. The van der Waals surface area contributed by atoms with Gasteiger partial charge >= 0.3 is 0 Å². The summed E-state index contributed by atoms with van der Waals surface area (Å²) >= 11 is 0. The minimum absolute atomic E-state index is 0.117. The number of H-pyrrole nitrogens is 1. The first-order valence-corrected chi connectivity index (χ1v) is 5.16. The van der Waals surface area contributed by atoms with Crippen LogP contribution in [-0.4, -0.2) is 34.2 Å². The third-order valence-electron chi connectivity index (χ3n) is 3.30. The first kappa shape index (κ1) is 9.74. The molecule has 2 N–H and O–H groups in total. The van der Waals surface area contributed by atoms with Gasteiger partial charge in [-0.25, -0.2) is 0 Å². The largest absolute Gasteiger partial charge is 0.390 e. The van der Waals surface area contributed by atoms with Gasteiger partial charge in [-0.1, -0.05) is 0 Å². The fraction of sp³-hybridized carbons (Fsp3) is 0.636. The number of aliphatic hydroxyl groups excluding tert-OH is 1. The Labute approximate surface area is 84.7 Å². The molecule has 0 aromatic carbocycles. The molecule has 14 heavy (non-hydrogen) atoms. The maximum Gasteiger partial charge on any atom is 0.0794 e. The number of aryl methyl sites for hydroxylation is 1. The Morgan fingerprint density at radius 1 is 1.50 bits per heavy atom. The van der Waals surface area contributed by atoms with Crippen LogP contribution in [0.15, 0.2) is 6.20 Å². The van der Waals surface area contributed by atoms with Crippen LogP contribution in [0.2, 0.25) is 0 Å². The summed E-state index contributed by atoms with van der Waals surface area (Å²) in [5.74, 6) is 0. The SMILES string of the molecule is Cc1c[nH]c(C(C)N2CC(O)C2)c1C. The standard InChI is InChI=1S/C11H18N2O/c1-7-4-12-11(8(7)2)9(3)13-5-10(14)6-13/h4,9-10,12,14H,5-6H2,1-3H3. The predicted octanol–water partition coefficient (Wildman–Crippen LogP) is 1.37. The van der Waals surface area contributed by atoms with Crippen LogP contribution in [0.25, 0.3) is 0 Å². The molecule has 0 amide bonds. The summed E-state index contributed by atoms with van der Waals surface area (Å²) in [5, 5.41) is 9.24. The van der Waals surface area contributed by atoms with E-state index in [2.05, 4.69) is 36.9 Å². The zero-order valence-electron chi connectivity index (χ0n) is 9.04. The number of likely N-dealkylation sites (tertiary alicyclic amines) is 1. The molecule has 0 radical (unpaired) electrons. The molecule has 0 saturated carbocycles. The van der Waals surface area contributed by atoms with Crippen LogP contribution in [0, 0.1) is 13.8 Å². The van der Waals surface area contributed by atoms with Gasteiger partial charge in [-0.2, -0.15) is 0 Å². The number of rotatable bonds is 2. The topological polar surface area (TPSA) is 39.3 Å². The molecule has 1 aromatic heterocycles. The molecule has 0 aliphatic carbocycles. The van der Waals surface area contributed by atoms with Gasteiger partial charge in [0.15, 0.2) is 0 Å². The Balaban J connectivity index is 2.11. The molecular weight excluding hydrogens is 176 g/mol. The third kappa shape index (κ3) is 1.47. The molecule has 1 unspecified atom stereocenters. The molecule has 1 aromatic rings. The second kappa shape index (κ2) is 3.41. The molecule has 1 aliphatic heterocycles. The van der Waals surface area contributed by atoms with E-state index in [0.717, 1.165) is 13.1 Å². The van der Waals surface area contributed by atoms with Crippen molar-refractivity contribution < 1.29 is 5.11 Å². The Bertz CT molecular complexity index is 326. The Morgan fingerprint density at radius 3 is 2.57 bits per heavy atom. The van der Waals surface area contributed by atoms with Crippen molar-refractivity contribution in [1.82, 2.24) is 9.88 Å². The van der Waals surface area contributed by atoms with Crippen LogP contribution in [0.4, 0.5) is 0 Å². The van der Waals surface area contributed by atoms with E-state index < -0.39 is 0 Å². The number of aromatic nitrogens is 1. The Hall–Kier alpha value is -0.800. The van der Waals surface area contributed by atoms with Crippen LogP contribution in [0.3, 0.4) is 0 Å². The Kier molecular flexibility index (Phi) is 2.37. The second-order valence-electron chi connectivity index (χ2n) is 4.29. The zero-order valence-corrected chi connectivity index (χ0v) is 9.04. The van der Waals surface area contributed by atoms with Crippen molar-refractivity contribution >= 4 is 0 Å². The highest BCUT2D eigenvalue weighted by Gasteiger charge is 2.30. The normalized spacial score (nSPS) is 20.9. The minimum atomic E-state index is -0.117. The molecule has 1 atom stereocenters. The third-order valence-corrected chi connectivity index (χ3v) is 3.30. The molecule has 2 rings (SSSR count). The number of aromatic amines is 1. The number of aliphatic hydroxyl groups is 1. The molecule has 0 spiro atoms. The van der Waals surface area contributed by atoms with Gasteiger partial charge in [0, 0.05) is 31.0 Å². The van der Waals surface area contributed by atoms with Crippen molar-refractivity contribution in [2.75, 3.05) is 13.1 Å². The van der Waals surface area contributed by atoms with E-state index in [1.807, 2.05) is 0 Å². The molecule has 3 heteroatoms. The highest BCUT2D eigenvalue weighted by atomic mass is 16.3. The van der Waals surface area contributed by atoms with Gasteiger partial charge < -0.3 is 10.1 Å². The highest BCUT2D eigenvalue weighted by Crippen LogP contribution is 2.27. The molecule has 2 heterocycles. The number of β-amino-alcohol motifs (C(OH)–C–C–N with tert-alkyl or cyclic N) is 1. The van der Waals surface area contributed by atoms with Gasteiger partial charge in [0.25, 0.3) is 0 Å². The van der Waals surface area contributed by atoms with Crippen molar-refractivity contribution in [2.45, 2.75) is 32.9 Å². The first-order chi connectivity index (χ1) is 6.59. The fourth-order valence-electron chi connectivity index (χ4n) is 2.04. The number of nitrogens with one attached hydrogen (secondary N) is 1. The van der Waals surface area contributed by atoms with Crippen LogP contribution in [0.5, 0.6) is 0 Å². The zero-order chi connectivity index (χ0) is 10.3. The van der Waals surface area contributed by atoms with Gasteiger partial charge in [-0.05, 0) is 31.9 Å². The molecule has 1 fully saturated rings. The molecule has 1 aliphatic rings. The maximum absolute atomic E-state index is 9.24. The summed E-state index contributed by atoms with van der Waals surface area (Å²) < 4.78 is 0. The van der Waals surface area contributed by atoms with Crippen LogP contribution >= 0.6 is 0 Å². The second-order valence-corrected chi connectivity index (χ2v) is 4.29. The molecule has 3 nitrogen and oxygen atoms in total. The van der Waals surface area contributed by atoms with Gasteiger partial charge in [0.2, 0.25) is 0 Å². The van der Waals surface area contributed by atoms with Gasteiger partial charge in [0.05, 0.1) is 6.10 Å².